The van der Waals surface area contributed by atoms with E-state index in [1.165, 1.54) is 16.0 Å². The van der Waals surface area contributed by atoms with Crippen LogP contribution < -0.4 is 5.32 Å². The summed E-state index contributed by atoms with van der Waals surface area (Å²) in [5.74, 6) is -1.27. The summed E-state index contributed by atoms with van der Waals surface area (Å²) >= 11 is 0. The first-order chi connectivity index (χ1) is 16.9. The second kappa shape index (κ2) is 9.70. The molecule has 1 saturated heterocycles. The molecule has 2 aliphatic carbocycles. The lowest BCUT2D eigenvalue weighted by molar-refractivity contribution is -0.148. The highest BCUT2D eigenvalue weighted by Gasteiger charge is 2.40. The van der Waals surface area contributed by atoms with E-state index in [4.69, 9.17) is 4.74 Å². The van der Waals surface area contributed by atoms with E-state index in [1.54, 1.807) is 0 Å². The Hall–Kier alpha value is -3.39. The van der Waals surface area contributed by atoms with E-state index in [9.17, 15) is 24.6 Å². The number of benzene rings is 2. The van der Waals surface area contributed by atoms with Crippen molar-refractivity contribution < 1.29 is 29.3 Å². The Balaban J connectivity index is 1.12. The van der Waals surface area contributed by atoms with Crippen LogP contribution in [0.3, 0.4) is 0 Å². The lowest BCUT2D eigenvalue weighted by Gasteiger charge is -2.23. The number of aliphatic carboxylic acids is 1. The summed E-state index contributed by atoms with van der Waals surface area (Å²) in [5.41, 5.74) is 4.67. The lowest BCUT2D eigenvalue weighted by Crippen LogP contribution is -2.41. The number of carboxylic acids is 1. The number of carbonyl (C=O) groups is 3. The van der Waals surface area contributed by atoms with Gasteiger partial charge in [0.2, 0.25) is 5.91 Å². The van der Waals surface area contributed by atoms with Crippen molar-refractivity contribution in [2.75, 3.05) is 13.2 Å². The molecule has 5 rings (SSSR count). The first-order valence-corrected chi connectivity index (χ1v) is 12.2. The predicted molar refractivity (Wildman–Crippen MR) is 128 cm³/mol. The molecule has 1 saturated carbocycles. The van der Waals surface area contributed by atoms with Crippen molar-refractivity contribution in [1.82, 2.24) is 10.2 Å². The summed E-state index contributed by atoms with van der Waals surface area (Å²) in [7, 11) is 0. The van der Waals surface area contributed by atoms with Crippen molar-refractivity contribution in [3.63, 3.8) is 0 Å². The molecule has 8 nitrogen and oxygen atoms in total. The minimum Gasteiger partial charge on any atom is -0.480 e. The van der Waals surface area contributed by atoms with Gasteiger partial charge in [0.25, 0.3) is 0 Å². The summed E-state index contributed by atoms with van der Waals surface area (Å²) in [6, 6.07) is 15.3. The molecule has 184 valence electrons. The van der Waals surface area contributed by atoms with Gasteiger partial charge < -0.3 is 25.2 Å². The van der Waals surface area contributed by atoms with Crippen LogP contribution in [-0.2, 0) is 14.3 Å². The molecule has 0 aromatic heterocycles. The van der Waals surface area contributed by atoms with Gasteiger partial charge in [0.05, 0.1) is 6.10 Å². The van der Waals surface area contributed by atoms with Crippen LogP contribution in [0.25, 0.3) is 11.1 Å². The molecule has 8 heteroatoms. The minimum atomic E-state index is -1.09. The van der Waals surface area contributed by atoms with Crippen molar-refractivity contribution in [3.8, 4) is 11.1 Å². The molecule has 0 bridgehead atoms. The third-order valence-corrected chi connectivity index (χ3v) is 7.55. The van der Waals surface area contributed by atoms with E-state index in [0.717, 1.165) is 24.0 Å². The number of aliphatic hydroxyl groups excluding tert-OH is 1. The van der Waals surface area contributed by atoms with Crippen LogP contribution in [-0.4, -0.2) is 64.4 Å². The zero-order chi connectivity index (χ0) is 24.5. The second-order valence-electron chi connectivity index (χ2n) is 9.84. The summed E-state index contributed by atoms with van der Waals surface area (Å²) in [4.78, 5) is 37.9. The van der Waals surface area contributed by atoms with E-state index >= 15 is 0 Å². The number of carbonyl (C=O) groups excluding carboxylic acids is 2. The number of rotatable bonds is 6. The first-order valence-electron chi connectivity index (χ1n) is 12.2. The molecule has 2 amide bonds. The van der Waals surface area contributed by atoms with Gasteiger partial charge >= 0.3 is 12.1 Å². The Bertz CT molecular complexity index is 1090. The quantitative estimate of drug-likeness (QED) is 0.588. The number of alkyl carbamates (subject to hydrolysis) is 1. The summed E-state index contributed by atoms with van der Waals surface area (Å²) in [6.45, 7) is 0.312. The maximum atomic E-state index is 12.7. The Morgan fingerprint density at radius 3 is 2.29 bits per heavy atom. The largest absolute Gasteiger partial charge is 0.480 e. The fourth-order valence-corrected chi connectivity index (χ4v) is 5.89. The van der Waals surface area contributed by atoms with Gasteiger partial charge in [-0.3, -0.25) is 4.79 Å². The van der Waals surface area contributed by atoms with Crippen LogP contribution in [0.15, 0.2) is 48.5 Å². The average molecular weight is 479 g/mol. The third kappa shape index (κ3) is 4.75. The highest BCUT2D eigenvalue weighted by atomic mass is 16.5. The molecule has 3 aliphatic rings. The van der Waals surface area contributed by atoms with Crippen LogP contribution in [0.5, 0.6) is 0 Å². The van der Waals surface area contributed by atoms with Gasteiger partial charge in [-0.1, -0.05) is 48.5 Å². The van der Waals surface area contributed by atoms with Crippen molar-refractivity contribution in [2.45, 2.75) is 56.2 Å². The van der Waals surface area contributed by atoms with Gasteiger partial charge in [-0.25, -0.2) is 9.59 Å². The summed E-state index contributed by atoms with van der Waals surface area (Å²) in [5, 5.41) is 22.0. The van der Waals surface area contributed by atoms with Gasteiger partial charge in [-0.2, -0.15) is 0 Å². The zero-order valence-electron chi connectivity index (χ0n) is 19.4. The van der Waals surface area contributed by atoms with E-state index in [2.05, 4.69) is 29.6 Å². The smallest absolute Gasteiger partial charge is 0.407 e. The number of aliphatic hydroxyl groups is 1. The van der Waals surface area contributed by atoms with Crippen molar-refractivity contribution in [1.29, 1.82) is 0 Å². The number of fused-ring (bicyclic) bond motifs is 3. The number of nitrogens with one attached hydrogen (secondary N) is 1. The Labute approximate surface area is 203 Å². The van der Waals surface area contributed by atoms with Crippen LogP contribution in [0.4, 0.5) is 4.79 Å². The maximum Gasteiger partial charge on any atom is 0.407 e. The molecule has 4 atom stereocenters. The van der Waals surface area contributed by atoms with Gasteiger partial charge in [0, 0.05) is 31.3 Å². The maximum absolute atomic E-state index is 12.7. The monoisotopic (exact) mass is 478 g/mol. The highest BCUT2D eigenvalue weighted by molar-refractivity contribution is 5.84. The molecule has 1 aliphatic heterocycles. The standard InChI is InChI=1S/C27H30N2O6/c30-18-13-24(26(32)33)29(14-18)25(31)12-16-9-10-17(11-16)28-27(34)35-15-23-21-7-3-1-5-19(21)20-6-2-4-8-22(20)23/h1-8,16-18,23-24,30H,9-15H2,(H,28,34)(H,32,33)/t16?,17?,18-,24+/m1/s1. The number of carboxylic acid groups (broad SMARTS) is 1. The number of hydrogen-bond acceptors (Lipinski definition) is 5. The Kier molecular flexibility index (Phi) is 6.47. The molecule has 2 unspecified atom stereocenters. The zero-order valence-corrected chi connectivity index (χ0v) is 19.4. The molecule has 0 spiro atoms. The SMILES string of the molecule is O=C(NC1CCC(CC(=O)N2C[C@H](O)C[C@H]2C(=O)O)C1)OCC1c2ccccc2-c2ccccc21. The molecule has 0 radical (unpaired) electrons. The van der Waals surface area contributed by atoms with Crippen molar-refractivity contribution in [3.05, 3.63) is 59.7 Å². The molecule has 2 fully saturated rings. The number of β-amino-alcohol motifs (C(OH)–C–C–N with tert-alkyl or cyclic N) is 1. The van der Waals surface area contributed by atoms with Crippen molar-refractivity contribution >= 4 is 18.0 Å². The Morgan fingerprint density at radius 2 is 1.63 bits per heavy atom. The lowest BCUT2D eigenvalue weighted by atomic mass is 9.98. The fraction of sp³-hybridized carbons (Fsp3) is 0.444. The molecular formula is C27H30N2O6. The molecule has 2 aromatic rings. The molecule has 35 heavy (non-hydrogen) atoms. The molecule has 2 aromatic carbocycles. The van der Waals surface area contributed by atoms with Gasteiger partial charge in [-0.15, -0.1) is 0 Å². The van der Waals surface area contributed by atoms with E-state index in [1.807, 2.05) is 24.3 Å². The normalized spacial score (nSPS) is 25.2. The van der Waals surface area contributed by atoms with Crippen LogP contribution >= 0.6 is 0 Å². The summed E-state index contributed by atoms with van der Waals surface area (Å²) < 4.78 is 5.63. The van der Waals surface area contributed by atoms with Gasteiger partial charge in [0.15, 0.2) is 0 Å². The molecule has 3 N–H and O–H groups in total. The van der Waals surface area contributed by atoms with Crippen LogP contribution in [0, 0.1) is 5.92 Å². The molecular weight excluding hydrogens is 448 g/mol. The number of likely N-dealkylation sites (tertiary alicyclic amines) is 1. The van der Waals surface area contributed by atoms with E-state index in [-0.39, 0.29) is 49.8 Å². The Morgan fingerprint density at radius 1 is 0.971 bits per heavy atom. The third-order valence-electron chi connectivity index (χ3n) is 7.55. The number of hydrogen-bond donors (Lipinski definition) is 3. The topological polar surface area (TPSA) is 116 Å². The summed E-state index contributed by atoms with van der Waals surface area (Å²) in [6.07, 6.45) is 1.19. The second-order valence-corrected chi connectivity index (χ2v) is 9.84. The van der Waals surface area contributed by atoms with Crippen LogP contribution in [0.2, 0.25) is 0 Å². The first kappa shape index (κ1) is 23.4. The van der Waals surface area contributed by atoms with E-state index < -0.39 is 24.2 Å². The fourth-order valence-electron chi connectivity index (χ4n) is 5.89. The van der Waals surface area contributed by atoms with Gasteiger partial charge in [-0.05, 0) is 47.4 Å². The average Bonchev–Trinajstić information content (AvgIpc) is 3.53. The van der Waals surface area contributed by atoms with E-state index in [0.29, 0.717) is 6.42 Å². The predicted octanol–water partition coefficient (Wildman–Crippen LogP) is 3.13. The number of amides is 2. The highest BCUT2D eigenvalue weighted by Crippen LogP contribution is 2.44. The molecule has 1 heterocycles. The van der Waals surface area contributed by atoms with Gasteiger partial charge in [0.1, 0.15) is 12.6 Å². The minimum absolute atomic E-state index is 0.0000843. The van der Waals surface area contributed by atoms with Crippen LogP contribution in [0.1, 0.15) is 49.1 Å². The van der Waals surface area contributed by atoms with Crippen molar-refractivity contribution in [2.24, 2.45) is 5.92 Å². The number of nitrogens with zero attached hydrogens (tertiary/aromatic N) is 1. The number of ether oxygens (including phenoxy) is 1.